The molecule has 1 aromatic rings. The maximum Gasteiger partial charge on any atom is 0.143 e. The van der Waals surface area contributed by atoms with Crippen LogP contribution in [0.3, 0.4) is 0 Å². The third-order valence-corrected chi connectivity index (χ3v) is 4.81. The van der Waals surface area contributed by atoms with Crippen molar-refractivity contribution in [3.8, 4) is 0 Å². The smallest absolute Gasteiger partial charge is 0.143 e. The molecular formula is C14H21NOS. The molecule has 0 aromatic carbocycles. The van der Waals surface area contributed by atoms with Crippen LogP contribution >= 0.6 is 11.3 Å². The fourth-order valence-electron chi connectivity index (χ4n) is 2.88. The monoisotopic (exact) mass is 251 g/mol. The van der Waals surface area contributed by atoms with Gasteiger partial charge in [-0.25, -0.2) is 4.98 Å². The lowest BCUT2D eigenvalue weighted by atomic mass is 9.75. The van der Waals surface area contributed by atoms with Crippen LogP contribution in [0, 0.1) is 18.8 Å². The Morgan fingerprint density at radius 1 is 1.47 bits per heavy atom. The Balaban J connectivity index is 1.98. The van der Waals surface area contributed by atoms with Gasteiger partial charge in [-0.2, -0.15) is 0 Å². The van der Waals surface area contributed by atoms with Crippen molar-refractivity contribution in [3.05, 3.63) is 16.1 Å². The summed E-state index contributed by atoms with van der Waals surface area (Å²) < 4.78 is 0. The Morgan fingerprint density at radius 3 is 2.88 bits per heavy atom. The number of thiazole rings is 1. The Morgan fingerprint density at radius 2 is 2.24 bits per heavy atom. The minimum Gasteiger partial charge on any atom is -0.299 e. The molecule has 0 spiro atoms. The van der Waals surface area contributed by atoms with E-state index in [1.807, 2.05) is 12.3 Å². The van der Waals surface area contributed by atoms with Gasteiger partial charge in [0.05, 0.1) is 6.42 Å². The summed E-state index contributed by atoms with van der Waals surface area (Å²) in [7, 11) is 0. The average molecular weight is 251 g/mol. The Labute approximate surface area is 107 Å². The Bertz CT molecular complexity index is 385. The predicted molar refractivity (Wildman–Crippen MR) is 71.3 cm³/mol. The third kappa shape index (κ3) is 3.15. The van der Waals surface area contributed by atoms with Crippen LogP contribution < -0.4 is 0 Å². The highest BCUT2D eigenvalue weighted by molar-refractivity contribution is 7.09. The zero-order valence-corrected chi connectivity index (χ0v) is 11.6. The lowest BCUT2D eigenvalue weighted by Gasteiger charge is -2.29. The molecule has 0 N–H and O–H groups in total. The lowest BCUT2D eigenvalue weighted by Crippen LogP contribution is -2.28. The van der Waals surface area contributed by atoms with E-state index in [2.05, 4.69) is 11.9 Å². The van der Waals surface area contributed by atoms with Gasteiger partial charge in [-0.1, -0.05) is 26.2 Å². The van der Waals surface area contributed by atoms with Gasteiger partial charge in [-0.3, -0.25) is 4.79 Å². The number of hydrogen-bond acceptors (Lipinski definition) is 3. The van der Waals surface area contributed by atoms with Crippen LogP contribution in [0.25, 0.3) is 0 Å². The van der Waals surface area contributed by atoms with Crippen molar-refractivity contribution >= 4 is 17.1 Å². The number of carbonyl (C=O) groups is 1. The number of nitrogens with zero attached hydrogens (tertiary/aromatic N) is 1. The van der Waals surface area contributed by atoms with Crippen LogP contribution in [0.5, 0.6) is 0 Å². The largest absolute Gasteiger partial charge is 0.299 e. The van der Waals surface area contributed by atoms with E-state index in [9.17, 15) is 4.79 Å². The van der Waals surface area contributed by atoms with E-state index < -0.39 is 0 Å². The number of rotatable bonds is 4. The number of hydrogen-bond donors (Lipinski definition) is 0. The van der Waals surface area contributed by atoms with Crippen molar-refractivity contribution in [2.24, 2.45) is 11.8 Å². The molecule has 94 valence electrons. The second-order valence-electron chi connectivity index (χ2n) is 5.08. The van der Waals surface area contributed by atoms with Gasteiger partial charge in [0.2, 0.25) is 0 Å². The molecule has 1 heterocycles. The van der Waals surface area contributed by atoms with Crippen molar-refractivity contribution in [1.82, 2.24) is 4.98 Å². The molecule has 0 amide bonds. The van der Waals surface area contributed by atoms with Crippen LogP contribution in [0.15, 0.2) is 5.38 Å². The quantitative estimate of drug-likeness (QED) is 0.815. The van der Waals surface area contributed by atoms with Crippen LogP contribution in [-0.2, 0) is 11.2 Å². The first kappa shape index (κ1) is 12.7. The summed E-state index contributed by atoms with van der Waals surface area (Å²) in [5.41, 5.74) is 1.04. The van der Waals surface area contributed by atoms with Gasteiger partial charge in [0, 0.05) is 17.0 Å². The van der Waals surface area contributed by atoms with Gasteiger partial charge in [0.15, 0.2) is 0 Å². The van der Waals surface area contributed by atoms with Gasteiger partial charge in [0.1, 0.15) is 10.8 Å². The van der Waals surface area contributed by atoms with Crippen LogP contribution in [0.1, 0.15) is 49.7 Å². The first-order valence-electron chi connectivity index (χ1n) is 6.64. The molecule has 1 fully saturated rings. The molecule has 1 aliphatic rings. The summed E-state index contributed by atoms with van der Waals surface area (Å²) in [6.07, 6.45) is 6.57. The van der Waals surface area contributed by atoms with Crippen molar-refractivity contribution in [2.75, 3.05) is 0 Å². The maximum absolute atomic E-state index is 12.3. The van der Waals surface area contributed by atoms with Crippen molar-refractivity contribution in [2.45, 2.75) is 52.4 Å². The standard InChI is InChI=1S/C14H21NOS/c1-3-11-6-4-5-7-12(11)13(16)8-14-15-10(2)9-17-14/h9,11-12H,3-8H2,1-2H3. The highest BCUT2D eigenvalue weighted by atomic mass is 32.1. The first-order valence-corrected chi connectivity index (χ1v) is 7.52. The Kier molecular flexibility index (Phi) is 4.32. The van der Waals surface area contributed by atoms with Crippen LogP contribution in [-0.4, -0.2) is 10.8 Å². The molecule has 3 heteroatoms. The van der Waals surface area contributed by atoms with E-state index in [-0.39, 0.29) is 0 Å². The topological polar surface area (TPSA) is 30.0 Å². The second-order valence-corrected chi connectivity index (χ2v) is 6.03. The number of carbonyl (C=O) groups excluding carboxylic acids is 1. The first-order chi connectivity index (χ1) is 8.20. The fourth-order valence-corrected chi connectivity index (χ4v) is 3.67. The Hall–Kier alpha value is -0.700. The fraction of sp³-hybridized carbons (Fsp3) is 0.714. The van der Waals surface area contributed by atoms with Gasteiger partial charge in [-0.15, -0.1) is 11.3 Å². The molecule has 0 radical (unpaired) electrons. The number of ketones is 1. The second kappa shape index (κ2) is 5.76. The van der Waals surface area contributed by atoms with E-state index in [1.165, 1.54) is 19.3 Å². The molecule has 2 unspecified atom stereocenters. The molecule has 0 bridgehead atoms. The van der Waals surface area contributed by atoms with Crippen molar-refractivity contribution < 1.29 is 4.79 Å². The van der Waals surface area contributed by atoms with Gasteiger partial charge in [-0.05, 0) is 25.7 Å². The third-order valence-electron chi connectivity index (χ3n) is 3.84. The minimum absolute atomic E-state index is 0.304. The normalized spacial score (nSPS) is 24.8. The number of aromatic nitrogens is 1. The molecule has 2 rings (SSSR count). The number of aryl methyl sites for hydroxylation is 1. The molecule has 1 saturated carbocycles. The average Bonchev–Trinajstić information content (AvgIpc) is 2.74. The minimum atomic E-state index is 0.304. The molecule has 1 aliphatic carbocycles. The van der Waals surface area contributed by atoms with Crippen molar-refractivity contribution in [3.63, 3.8) is 0 Å². The summed E-state index contributed by atoms with van der Waals surface area (Å²) in [5, 5.41) is 3.02. The van der Waals surface area contributed by atoms with E-state index in [1.54, 1.807) is 11.3 Å². The summed E-state index contributed by atoms with van der Waals surface area (Å²) in [6, 6.07) is 0. The summed E-state index contributed by atoms with van der Waals surface area (Å²) in [5.74, 6) is 1.35. The maximum atomic E-state index is 12.3. The summed E-state index contributed by atoms with van der Waals surface area (Å²) >= 11 is 1.62. The zero-order chi connectivity index (χ0) is 12.3. The summed E-state index contributed by atoms with van der Waals surface area (Å²) in [6.45, 7) is 4.20. The van der Waals surface area contributed by atoms with Crippen LogP contribution in [0.2, 0.25) is 0 Å². The molecule has 0 aliphatic heterocycles. The molecule has 0 saturated heterocycles. The SMILES string of the molecule is CCC1CCCCC1C(=O)Cc1nc(C)cs1. The molecule has 2 atom stereocenters. The van der Waals surface area contributed by atoms with E-state index in [0.717, 1.165) is 23.5 Å². The predicted octanol–water partition coefficient (Wildman–Crippen LogP) is 3.78. The van der Waals surface area contributed by atoms with Gasteiger partial charge < -0.3 is 0 Å². The van der Waals surface area contributed by atoms with Gasteiger partial charge in [0.25, 0.3) is 0 Å². The summed E-state index contributed by atoms with van der Waals surface area (Å²) in [4.78, 5) is 16.7. The number of Topliss-reactive ketones (excluding diaryl/α,β-unsaturated/α-hetero) is 1. The molecule has 2 nitrogen and oxygen atoms in total. The van der Waals surface area contributed by atoms with E-state index in [4.69, 9.17) is 0 Å². The van der Waals surface area contributed by atoms with Gasteiger partial charge >= 0.3 is 0 Å². The van der Waals surface area contributed by atoms with E-state index in [0.29, 0.717) is 24.0 Å². The highest BCUT2D eigenvalue weighted by Crippen LogP contribution is 2.33. The lowest BCUT2D eigenvalue weighted by molar-refractivity contribution is -0.125. The zero-order valence-electron chi connectivity index (χ0n) is 10.7. The van der Waals surface area contributed by atoms with Crippen molar-refractivity contribution in [1.29, 1.82) is 0 Å². The van der Waals surface area contributed by atoms with E-state index >= 15 is 0 Å². The molecule has 1 aromatic heterocycles. The molecular weight excluding hydrogens is 230 g/mol. The highest BCUT2D eigenvalue weighted by Gasteiger charge is 2.29. The molecule has 17 heavy (non-hydrogen) atoms. The van der Waals surface area contributed by atoms with Crippen LogP contribution in [0.4, 0.5) is 0 Å².